The second-order valence-corrected chi connectivity index (χ2v) is 5.46. The first kappa shape index (κ1) is 15.8. The number of benzene rings is 1. The van der Waals surface area contributed by atoms with Gasteiger partial charge in [0.2, 0.25) is 0 Å². The molecule has 1 aromatic heterocycles. The van der Waals surface area contributed by atoms with E-state index in [9.17, 15) is 18.3 Å². The smallest absolute Gasteiger partial charge is 0.406 e. The van der Waals surface area contributed by atoms with Crippen LogP contribution in [0.15, 0.2) is 24.3 Å². The molecule has 7 heteroatoms. The molecule has 0 aliphatic carbocycles. The highest BCUT2D eigenvalue weighted by atomic mass is 32.1. The minimum absolute atomic E-state index is 0.176. The Bertz CT molecular complexity index is 611. The van der Waals surface area contributed by atoms with E-state index in [0.717, 1.165) is 17.7 Å². The van der Waals surface area contributed by atoms with Crippen LogP contribution in [0.25, 0.3) is 10.6 Å². The lowest BCUT2D eigenvalue weighted by Gasteiger charge is -2.09. The van der Waals surface area contributed by atoms with Gasteiger partial charge in [0.05, 0.1) is 12.3 Å². The third-order valence-electron chi connectivity index (χ3n) is 2.72. The SMILES string of the molecule is CCCc1sc(-c2cccc(OC(F)(F)F)c2)nc1CO. The predicted molar refractivity (Wildman–Crippen MR) is 74.2 cm³/mol. The third kappa shape index (κ3) is 4.18. The molecule has 0 spiro atoms. The van der Waals surface area contributed by atoms with Crippen LogP contribution in [-0.4, -0.2) is 16.5 Å². The highest BCUT2D eigenvalue weighted by molar-refractivity contribution is 7.15. The summed E-state index contributed by atoms with van der Waals surface area (Å²) in [6.45, 7) is 1.84. The number of hydrogen-bond acceptors (Lipinski definition) is 4. The normalized spacial score (nSPS) is 11.7. The Morgan fingerprint density at radius 2 is 2.10 bits per heavy atom. The summed E-state index contributed by atoms with van der Waals surface area (Å²) in [5.74, 6) is -0.280. The average Bonchev–Trinajstić information content (AvgIpc) is 2.81. The van der Waals surface area contributed by atoms with E-state index in [1.54, 1.807) is 6.07 Å². The van der Waals surface area contributed by atoms with Crippen LogP contribution in [0.1, 0.15) is 23.9 Å². The van der Waals surface area contributed by atoms with Crippen LogP contribution < -0.4 is 4.74 Å². The fourth-order valence-electron chi connectivity index (χ4n) is 1.88. The van der Waals surface area contributed by atoms with Crippen LogP contribution in [0.2, 0.25) is 0 Å². The molecule has 1 N–H and O–H groups in total. The Morgan fingerprint density at radius 1 is 1.33 bits per heavy atom. The van der Waals surface area contributed by atoms with Crippen molar-refractivity contribution < 1.29 is 23.0 Å². The summed E-state index contributed by atoms with van der Waals surface area (Å²) in [5, 5.41) is 9.86. The Hall–Kier alpha value is -1.60. The second-order valence-electron chi connectivity index (χ2n) is 4.37. The van der Waals surface area contributed by atoms with Gasteiger partial charge in [0, 0.05) is 10.4 Å². The van der Waals surface area contributed by atoms with Crippen LogP contribution in [0.4, 0.5) is 13.2 Å². The van der Waals surface area contributed by atoms with Gasteiger partial charge in [-0.1, -0.05) is 25.5 Å². The third-order valence-corrected chi connectivity index (χ3v) is 3.93. The lowest BCUT2D eigenvalue weighted by Crippen LogP contribution is -2.17. The first-order valence-corrected chi connectivity index (χ1v) is 7.20. The molecule has 0 radical (unpaired) electrons. The van der Waals surface area contributed by atoms with E-state index in [2.05, 4.69) is 9.72 Å². The largest absolute Gasteiger partial charge is 0.573 e. The van der Waals surface area contributed by atoms with E-state index >= 15 is 0 Å². The molecule has 1 heterocycles. The lowest BCUT2D eigenvalue weighted by atomic mass is 10.2. The van der Waals surface area contributed by atoms with E-state index in [0.29, 0.717) is 16.3 Å². The van der Waals surface area contributed by atoms with E-state index < -0.39 is 6.36 Å². The summed E-state index contributed by atoms with van der Waals surface area (Å²) in [7, 11) is 0. The minimum atomic E-state index is -4.72. The summed E-state index contributed by atoms with van der Waals surface area (Å²) in [5.41, 5.74) is 1.12. The molecule has 0 aliphatic rings. The minimum Gasteiger partial charge on any atom is -0.406 e. The van der Waals surface area contributed by atoms with Gasteiger partial charge in [0.1, 0.15) is 10.8 Å². The quantitative estimate of drug-likeness (QED) is 0.900. The van der Waals surface area contributed by atoms with E-state index in [1.165, 1.54) is 29.5 Å². The summed E-state index contributed by atoms with van der Waals surface area (Å²) >= 11 is 1.38. The van der Waals surface area contributed by atoms with Crippen LogP contribution in [-0.2, 0) is 13.0 Å². The summed E-state index contributed by atoms with van der Waals surface area (Å²) < 4.78 is 40.6. The molecule has 0 aliphatic heterocycles. The van der Waals surface area contributed by atoms with Crippen molar-refractivity contribution in [2.45, 2.75) is 32.7 Å². The fraction of sp³-hybridized carbons (Fsp3) is 0.357. The predicted octanol–water partition coefficient (Wildman–Crippen LogP) is 4.15. The molecule has 114 valence electrons. The van der Waals surface area contributed by atoms with Crippen molar-refractivity contribution in [1.82, 2.24) is 4.98 Å². The number of rotatable bonds is 5. The summed E-state index contributed by atoms with van der Waals surface area (Å²) in [6, 6.07) is 5.68. The fourth-order valence-corrected chi connectivity index (χ4v) is 3.05. The van der Waals surface area contributed by atoms with Gasteiger partial charge in [0.15, 0.2) is 0 Å². The molecule has 0 saturated carbocycles. The van der Waals surface area contributed by atoms with Gasteiger partial charge >= 0.3 is 6.36 Å². The Morgan fingerprint density at radius 3 is 2.71 bits per heavy atom. The van der Waals surface area contributed by atoms with E-state index in [-0.39, 0.29) is 12.4 Å². The second kappa shape index (κ2) is 6.44. The summed E-state index contributed by atoms with van der Waals surface area (Å²) in [4.78, 5) is 5.24. The topological polar surface area (TPSA) is 42.4 Å². The number of aliphatic hydroxyl groups excluding tert-OH is 1. The number of alkyl halides is 3. The average molecular weight is 317 g/mol. The maximum atomic E-state index is 12.2. The molecule has 0 fully saturated rings. The number of thiazole rings is 1. The maximum absolute atomic E-state index is 12.2. The van der Waals surface area contributed by atoms with E-state index in [1.807, 2.05) is 6.92 Å². The lowest BCUT2D eigenvalue weighted by molar-refractivity contribution is -0.274. The van der Waals surface area contributed by atoms with Gasteiger partial charge < -0.3 is 9.84 Å². The molecule has 21 heavy (non-hydrogen) atoms. The molecule has 0 amide bonds. The standard InChI is InChI=1S/C14H14F3NO2S/c1-2-4-12-11(8-19)18-13(21-12)9-5-3-6-10(7-9)20-14(15,16)17/h3,5-7,19H,2,4,8H2,1H3. The van der Waals surface area contributed by atoms with Crippen LogP contribution in [0.5, 0.6) is 5.75 Å². The van der Waals surface area contributed by atoms with Crippen LogP contribution >= 0.6 is 11.3 Å². The number of aliphatic hydroxyl groups is 1. The Balaban J connectivity index is 2.31. The molecule has 1 aromatic carbocycles. The monoisotopic (exact) mass is 317 g/mol. The molecular formula is C14H14F3NO2S. The molecular weight excluding hydrogens is 303 g/mol. The van der Waals surface area contributed by atoms with Crippen molar-refractivity contribution in [2.24, 2.45) is 0 Å². The number of halogens is 3. The van der Waals surface area contributed by atoms with Crippen LogP contribution in [0.3, 0.4) is 0 Å². The molecule has 0 bridgehead atoms. The van der Waals surface area contributed by atoms with Crippen molar-refractivity contribution >= 4 is 11.3 Å². The summed E-state index contributed by atoms with van der Waals surface area (Å²) in [6.07, 6.45) is -3.02. The Kier molecular flexibility index (Phi) is 4.84. The van der Waals surface area contributed by atoms with Crippen molar-refractivity contribution in [3.63, 3.8) is 0 Å². The molecule has 2 rings (SSSR count). The van der Waals surface area contributed by atoms with Gasteiger partial charge in [-0.25, -0.2) is 4.98 Å². The van der Waals surface area contributed by atoms with Gasteiger partial charge in [-0.3, -0.25) is 0 Å². The number of ether oxygens (including phenoxy) is 1. The highest BCUT2D eigenvalue weighted by Gasteiger charge is 2.31. The molecule has 3 nitrogen and oxygen atoms in total. The zero-order valence-corrected chi connectivity index (χ0v) is 12.1. The van der Waals surface area contributed by atoms with Crippen molar-refractivity contribution in [2.75, 3.05) is 0 Å². The zero-order valence-electron chi connectivity index (χ0n) is 11.3. The first-order valence-electron chi connectivity index (χ1n) is 6.38. The zero-order chi connectivity index (χ0) is 15.5. The van der Waals surface area contributed by atoms with Gasteiger partial charge in [0.25, 0.3) is 0 Å². The maximum Gasteiger partial charge on any atom is 0.573 e. The van der Waals surface area contributed by atoms with Crippen LogP contribution in [0, 0.1) is 0 Å². The highest BCUT2D eigenvalue weighted by Crippen LogP contribution is 2.32. The number of hydrogen-bond donors (Lipinski definition) is 1. The van der Waals surface area contributed by atoms with Gasteiger partial charge in [-0.15, -0.1) is 24.5 Å². The van der Waals surface area contributed by atoms with Crippen molar-refractivity contribution in [3.8, 4) is 16.3 Å². The van der Waals surface area contributed by atoms with Gasteiger partial charge in [-0.05, 0) is 18.6 Å². The Labute approximate surface area is 124 Å². The number of aromatic nitrogens is 1. The first-order chi connectivity index (χ1) is 9.93. The number of aryl methyl sites for hydroxylation is 1. The molecule has 0 saturated heterocycles. The number of nitrogens with zero attached hydrogens (tertiary/aromatic N) is 1. The van der Waals surface area contributed by atoms with Crippen molar-refractivity contribution in [1.29, 1.82) is 0 Å². The molecule has 0 unspecified atom stereocenters. The molecule has 2 aromatic rings. The van der Waals surface area contributed by atoms with E-state index in [4.69, 9.17) is 0 Å². The van der Waals surface area contributed by atoms with Gasteiger partial charge in [-0.2, -0.15) is 0 Å². The molecule has 0 atom stereocenters. The van der Waals surface area contributed by atoms with Crippen molar-refractivity contribution in [3.05, 3.63) is 34.8 Å².